The van der Waals surface area contributed by atoms with Gasteiger partial charge in [-0.05, 0) is 6.07 Å². The van der Waals surface area contributed by atoms with Gasteiger partial charge in [-0.2, -0.15) is 5.10 Å². The lowest BCUT2D eigenvalue weighted by Crippen LogP contribution is -2.49. The van der Waals surface area contributed by atoms with Crippen LogP contribution in [-0.2, 0) is 16.1 Å². The highest BCUT2D eigenvalue weighted by molar-refractivity contribution is 5.75. The van der Waals surface area contributed by atoms with Crippen molar-refractivity contribution in [3.63, 3.8) is 0 Å². The number of nitrogens with zero attached hydrogens (tertiary/aromatic N) is 3. The van der Waals surface area contributed by atoms with Crippen molar-refractivity contribution in [3.8, 4) is 0 Å². The van der Waals surface area contributed by atoms with Crippen LogP contribution in [0.2, 0.25) is 0 Å². The smallest absolute Gasteiger partial charge is 0.282 e. The van der Waals surface area contributed by atoms with Gasteiger partial charge < -0.3 is 4.74 Å². The van der Waals surface area contributed by atoms with Crippen molar-refractivity contribution in [1.29, 1.82) is 0 Å². The van der Waals surface area contributed by atoms with Gasteiger partial charge in [0.25, 0.3) is 18.8 Å². The Labute approximate surface area is 117 Å². The Morgan fingerprint density at radius 3 is 2.52 bits per heavy atom. The van der Waals surface area contributed by atoms with E-state index in [1.54, 1.807) is 5.01 Å². The first-order valence-corrected chi connectivity index (χ1v) is 6.23. The van der Waals surface area contributed by atoms with Gasteiger partial charge in [0.1, 0.15) is 17.9 Å². The van der Waals surface area contributed by atoms with Gasteiger partial charge in [0.15, 0.2) is 0 Å². The highest BCUT2D eigenvalue weighted by Crippen LogP contribution is 2.24. The van der Waals surface area contributed by atoms with Crippen molar-refractivity contribution < 1.29 is 27.1 Å². The fourth-order valence-electron chi connectivity index (χ4n) is 1.88. The summed E-state index contributed by atoms with van der Waals surface area (Å²) in [6.07, 6.45) is -5.95. The van der Waals surface area contributed by atoms with Crippen LogP contribution in [0.5, 0.6) is 0 Å². The van der Waals surface area contributed by atoms with Crippen LogP contribution in [0.25, 0.3) is 0 Å². The Morgan fingerprint density at radius 1 is 1.29 bits per heavy atom. The van der Waals surface area contributed by atoms with Gasteiger partial charge in [-0.3, -0.25) is 14.9 Å². The molecule has 2 heterocycles. The molecular weight excluding hydrogens is 296 g/mol. The molecular formula is C11H14F4N4O2. The van der Waals surface area contributed by atoms with Crippen LogP contribution in [0.3, 0.4) is 0 Å². The molecule has 1 saturated heterocycles. The summed E-state index contributed by atoms with van der Waals surface area (Å²) in [5, 5.41) is 4.92. The number of amides is 1. The molecule has 6 nitrogen and oxygen atoms in total. The number of aromatic nitrogens is 2. The lowest BCUT2D eigenvalue weighted by atomic mass is 10.3. The van der Waals surface area contributed by atoms with Crippen molar-refractivity contribution in [2.24, 2.45) is 0 Å². The molecule has 0 spiro atoms. The van der Waals surface area contributed by atoms with Crippen molar-refractivity contribution in [2.45, 2.75) is 19.4 Å². The molecule has 0 atom stereocenters. The average Bonchev–Trinajstić information content (AvgIpc) is 2.84. The fourth-order valence-corrected chi connectivity index (χ4v) is 1.88. The van der Waals surface area contributed by atoms with E-state index in [1.807, 2.05) is 0 Å². The number of hydrogen-bond acceptors (Lipinski definition) is 4. The molecule has 0 saturated carbocycles. The van der Waals surface area contributed by atoms with Gasteiger partial charge in [-0.15, -0.1) is 0 Å². The number of morpholine rings is 1. The summed E-state index contributed by atoms with van der Waals surface area (Å²) in [7, 11) is 0. The van der Waals surface area contributed by atoms with Crippen molar-refractivity contribution in [3.05, 3.63) is 17.5 Å². The Bertz CT molecular complexity index is 489. The molecule has 1 aliphatic rings. The standard InChI is InChI=1S/C11H14F4N4O2/c12-10(13)7-5-8(11(14)15)19(16-7)6-9(20)17-18-1-3-21-4-2-18/h5,10-11H,1-4,6H2,(H,17,20). The molecule has 0 aromatic carbocycles. The maximum Gasteiger partial charge on any atom is 0.282 e. The van der Waals surface area contributed by atoms with Crippen LogP contribution >= 0.6 is 0 Å². The first-order chi connectivity index (χ1) is 9.97. The Morgan fingerprint density at radius 2 is 1.95 bits per heavy atom. The number of halogens is 4. The second-order valence-electron chi connectivity index (χ2n) is 4.39. The van der Waals surface area contributed by atoms with E-state index in [9.17, 15) is 22.4 Å². The monoisotopic (exact) mass is 310 g/mol. The third-order valence-corrected chi connectivity index (χ3v) is 2.86. The van der Waals surface area contributed by atoms with E-state index in [0.717, 1.165) is 0 Å². The molecule has 2 rings (SSSR count). The second-order valence-corrected chi connectivity index (χ2v) is 4.39. The summed E-state index contributed by atoms with van der Waals surface area (Å²) < 4.78 is 56.2. The molecule has 118 valence electrons. The molecule has 0 aliphatic carbocycles. The van der Waals surface area contributed by atoms with Crippen molar-refractivity contribution in [2.75, 3.05) is 26.3 Å². The third kappa shape index (κ3) is 4.14. The van der Waals surface area contributed by atoms with E-state index in [1.165, 1.54) is 0 Å². The van der Waals surface area contributed by atoms with Crippen molar-refractivity contribution >= 4 is 5.91 Å². The summed E-state index contributed by atoms with van der Waals surface area (Å²) in [6, 6.07) is 0.608. The normalized spacial score (nSPS) is 16.7. The predicted molar refractivity (Wildman–Crippen MR) is 62.7 cm³/mol. The number of rotatable bonds is 5. The zero-order valence-corrected chi connectivity index (χ0v) is 10.9. The molecule has 10 heteroatoms. The minimum atomic E-state index is -2.99. The van der Waals surface area contributed by atoms with Crippen molar-refractivity contribution in [1.82, 2.24) is 20.2 Å². The summed E-state index contributed by atoms with van der Waals surface area (Å²) in [5.74, 6) is -0.609. The number of alkyl halides is 4. The Kier molecular flexibility index (Phi) is 5.12. The molecule has 21 heavy (non-hydrogen) atoms. The first kappa shape index (κ1) is 15.7. The van der Waals surface area contributed by atoms with E-state index >= 15 is 0 Å². The molecule has 1 aliphatic heterocycles. The number of carbonyl (C=O) groups excluding carboxylic acids is 1. The number of ether oxygens (including phenoxy) is 1. The minimum Gasteiger partial charge on any atom is -0.379 e. The Hall–Kier alpha value is -1.68. The topological polar surface area (TPSA) is 59.4 Å². The van der Waals surface area contributed by atoms with Crippen LogP contribution in [0.1, 0.15) is 24.2 Å². The summed E-state index contributed by atoms with van der Waals surface area (Å²) in [5.41, 5.74) is 1.01. The number of hydrazine groups is 1. The second kappa shape index (κ2) is 6.85. The van der Waals surface area contributed by atoms with E-state index < -0.39 is 36.7 Å². The quantitative estimate of drug-likeness (QED) is 0.828. The molecule has 1 fully saturated rings. The first-order valence-electron chi connectivity index (χ1n) is 6.23. The summed E-state index contributed by atoms with van der Waals surface area (Å²) in [4.78, 5) is 11.7. The highest BCUT2D eigenvalue weighted by Gasteiger charge is 2.23. The van der Waals surface area contributed by atoms with E-state index in [4.69, 9.17) is 4.74 Å². The number of nitrogens with one attached hydrogen (secondary N) is 1. The van der Waals surface area contributed by atoms with E-state index in [2.05, 4.69) is 10.5 Å². The largest absolute Gasteiger partial charge is 0.379 e. The Balaban J connectivity index is 2.01. The van der Waals surface area contributed by atoms with Gasteiger partial charge >= 0.3 is 0 Å². The van der Waals surface area contributed by atoms with E-state index in [-0.39, 0.29) is 0 Å². The average molecular weight is 310 g/mol. The summed E-state index contributed by atoms with van der Waals surface area (Å²) in [6.45, 7) is 1.27. The van der Waals surface area contributed by atoms with Gasteiger partial charge in [0, 0.05) is 13.1 Å². The molecule has 1 aromatic heterocycles. The third-order valence-electron chi connectivity index (χ3n) is 2.86. The van der Waals surface area contributed by atoms with Gasteiger partial charge in [0.2, 0.25) is 0 Å². The molecule has 1 amide bonds. The number of carbonyl (C=O) groups is 1. The van der Waals surface area contributed by atoms with Crippen LogP contribution in [-0.4, -0.2) is 47.0 Å². The lowest BCUT2D eigenvalue weighted by molar-refractivity contribution is -0.128. The molecule has 1 N–H and O–H groups in total. The maximum atomic E-state index is 12.7. The highest BCUT2D eigenvalue weighted by atomic mass is 19.3. The molecule has 0 unspecified atom stereocenters. The zero-order chi connectivity index (χ0) is 15.4. The molecule has 1 aromatic rings. The minimum absolute atomic E-state index is 0.444. The predicted octanol–water partition coefficient (Wildman–Crippen LogP) is 1.12. The fraction of sp³-hybridized carbons (Fsp3) is 0.636. The van der Waals surface area contributed by atoms with Crippen LogP contribution in [0.15, 0.2) is 6.07 Å². The maximum absolute atomic E-state index is 12.7. The van der Waals surface area contributed by atoms with Gasteiger partial charge in [0.05, 0.1) is 13.2 Å². The lowest BCUT2D eigenvalue weighted by Gasteiger charge is -2.26. The van der Waals surface area contributed by atoms with Crippen LogP contribution in [0.4, 0.5) is 17.6 Å². The zero-order valence-electron chi connectivity index (χ0n) is 10.9. The van der Waals surface area contributed by atoms with Crippen LogP contribution < -0.4 is 5.43 Å². The van der Waals surface area contributed by atoms with E-state index in [0.29, 0.717) is 37.1 Å². The van der Waals surface area contributed by atoms with Gasteiger partial charge in [-0.25, -0.2) is 22.6 Å². The molecule has 0 bridgehead atoms. The van der Waals surface area contributed by atoms with Crippen LogP contribution in [0, 0.1) is 0 Å². The SMILES string of the molecule is O=C(Cn1nc(C(F)F)cc1C(F)F)NN1CCOCC1. The number of hydrogen-bond donors (Lipinski definition) is 1. The molecule has 0 radical (unpaired) electrons. The van der Waals surface area contributed by atoms with Gasteiger partial charge in [-0.1, -0.05) is 0 Å². The summed E-state index contributed by atoms with van der Waals surface area (Å²) >= 11 is 0.